The number of nitriles is 1. The minimum Gasteiger partial charge on any atom is -0.382 e. The highest BCUT2D eigenvalue weighted by Gasteiger charge is 2.03. The van der Waals surface area contributed by atoms with Gasteiger partial charge in [0.25, 0.3) is 0 Å². The van der Waals surface area contributed by atoms with E-state index in [9.17, 15) is 4.39 Å². The first-order valence-corrected chi connectivity index (χ1v) is 5.11. The van der Waals surface area contributed by atoms with Crippen LogP contribution in [0.15, 0.2) is 18.2 Å². The Kier molecular flexibility index (Phi) is 4.62. The summed E-state index contributed by atoms with van der Waals surface area (Å²) in [6.07, 6.45) is 2.32. The Morgan fingerprint density at radius 3 is 2.87 bits per heavy atom. The van der Waals surface area contributed by atoms with E-state index in [1.54, 1.807) is 6.07 Å². The van der Waals surface area contributed by atoms with Crippen molar-refractivity contribution in [2.45, 2.75) is 26.2 Å². The van der Waals surface area contributed by atoms with Crippen LogP contribution >= 0.6 is 0 Å². The molecule has 80 valence electrons. The first-order chi connectivity index (χ1) is 7.25. The summed E-state index contributed by atoms with van der Waals surface area (Å²) in [6.45, 7) is 2.59. The topological polar surface area (TPSA) is 35.8 Å². The maximum absolute atomic E-state index is 13.3. The molecule has 0 atom stereocenters. The fourth-order valence-electron chi connectivity index (χ4n) is 1.40. The molecular weight excluding hydrogens is 191 g/mol. The number of halogens is 1. The second-order valence-corrected chi connectivity index (χ2v) is 3.47. The van der Waals surface area contributed by atoms with E-state index in [1.165, 1.54) is 6.07 Å². The number of nitrogens with zero attached hydrogens (tertiary/aromatic N) is 1. The van der Waals surface area contributed by atoms with Crippen LogP contribution in [0.2, 0.25) is 0 Å². The van der Waals surface area contributed by atoms with E-state index < -0.39 is 0 Å². The molecule has 0 aliphatic heterocycles. The van der Waals surface area contributed by atoms with E-state index in [-0.39, 0.29) is 5.82 Å². The molecule has 1 aromatic carbocycles. The summed E-state index contributed by atoms with van der Waals surface area (Å²) in [4.78, 5) is 0. The molecule has 0 bridgehead atoms. The highest BCUT2D eigenvalue weighted by molar-refractivity contribution is 5.51. The molecule has 1 rings (SSSR count). The van der Waals surface area contributed by atoms with Crippen molar-refractivity contribution in [1.29, 1.82) is 5.26 Å². The van der Waals surface area contributed by atoms with Crippen LogP contribution in [0.25, 0.3) is 0 Å². The number of aryl methyl sites for hydroxylation is 1. The van der Waals surface area contributed by atoms with Crippen molar-refractivity contribution in [3.63, 3.8) is 0 Å². The maximum atomic E-state index is 13.3. The van der Waals surface area contributed by atoms with Gasteiger partial charge in [0.05, 0.1) is 11.8 Å². The Balaban J connectivity index is 2.41. The van der Waals surface area contributed by atoms with Crippen LogP contribution in [0.3, 0.4) is 0 Å². The number of anilines is 1. The molecule has 0 aromatic heterocycles. The summed E-state index contributed by atoms with van der Waals surface area (Å²) in [6, 6.07) is 7.11. The van der Waals surface area contributed by atoms with Gasteiger partial charge in [-0.25, -0.2) is 4.39 Å². The Morgan fingerprint density at radius 1 is 1.40 bits per heavy atom. The van der Waals surface area contributed by atoms with Crippen LogP contribution in [0.1, 0.15) is 24.8 Å². The molecule has 0 saturated heterocycles. The van der Waals surface area contributed by atoms with Crippen molar-refractivity contribution in [2.75, 3.05) is 11.9 Å². The molecule has 0 spiro atoms. The molecule has 0 saturated carbocycles. The van der Waals surface area contributed by atoms with Crippen molar-refractivity contribution < 1.29 is 4.39 Å². The number of benzene rings is 1. The van der Waals surface area contributed by atoms with Crippen molar-refractivity contribution in [1.82, 2.24) is 0 Å². The monoisotopic (exact) mass is 206 g/mol. The van der Waals surface area contributed by atoms with Gasteiger partial charge in [-0.3, -0.25) is 0 Å². The largest absolute Gasteiger partial charge is 0.382 e. The molecule has 0 heterocycles. The van der Waals surface area contributed by atoms with Gasteiger partial charge >= 0.3 is 0 Å². The molecule has 0 radical (unpaired) electrons. The molecule has 15 heavy (non-hydrogen) atoms. The molecule has 2 nitrogen and oxygen atoms in total. The zero-order valence-corrected chi connectivity index (χ0v) is 8.89. The van der Waals surface area contributed by atoms with Crippen molar-refractivity contribution in [2.24, 2.45) is 0 Å². The smallest absolute Gasteiger partial charge is 0.146 e. The number of rotatable bonds is 5. The standard InChI is InChI=1S/C12H15FN2/c1-10-6-5-7-11(13)12(10)15-9-4-2-3-8-14/h5-7,15H,2-4,9H2,1H3. The van der Waals surface area contributed by atoms with Crippen LogP contribution in [0.4, 0.5) is 10.1 Å². The summed E-state index contributed by atoms with van der Waals surface area (Å²) < 4.78 is 13.3. The van der Waals surface area contributed by atoms with Crippen molar-refractivity contribution in [3.05, 3.63) is 29.6 Å². The lowest BCUT2D eigenvalue weighted by molar-refractivity contribution is 0.628. The van der Waals surface area contributed by atoms with Gasteiger partial charge in [0.15, 0.2) is 0 Å². The highest BCUT2D eigenvalue weighted by Crippen LogP contribution is 2.18. The highest BCUT2D eigenvalue weighted by atomic mass is 19.1. The molecular formula is C12H15FN2. The average molecular weight is 206 g/mol. The number of unbranched alkanes of at least 4 members (excludes halogenated alkanes) is 2. The van der Waals surface area contributed by atoms with Crippen LogP contribution in [-0.4, -0.2) is 6.54 Å². The number of nitrogens with one attached hydrogen (secondary N) is 1. The molecule has 0 aliphatic rings. The zero-order valence-electron chi connectivity index (χ0n) is 8.89. The number of hydrogen-bond acceptors (Lipinski definition) is 2. The lowest BCUT2D eigenvalue weighted by Crippen LogP contribution is -2.04. The fourth-order valence-corrected chi connectivity index (χ4v) is 1.40. The predicted molar refractivity (Wildman–Crippen MR) is 59.1 cm³/mol. The molecule has 3 heteroatoms. The van der Waals surface area contributed by atoms with Gasteiger partial charge in [-0.1, -0.05) is 12.1 Å². The van der Waals surface area contributed by atoms with E-state index in [2.05, 4.69) is 11.4 Å². The average Bonchev–Trinajstić information content (AvgIpc) is 2.21. The normalized spacial score (nSPS) is 9.67. The molecule has 0 aliphatic carbocycles. The summed E-state index contributed by atoms with van der Waals surface area (Å²) in [5.41, 5.74) is 1.49. The second kappa shape index (κ2) is 6.02. The second-order valence-electron chi connectivity index (χ2n) is 3.47. The van der Waals surface area contributed by atoms with E-state index in [4.69, 9.17) is 5.26 Å². The number of para-hydroxylation sites is 1. The minimum atomic E-state index is -0.213. The Morgan fingerprint density at radius 2 is 2.20 bits per heavy atom. The summed E-state index contributed by atoms with van der Waals surface area (Å²) >= 11 is 0. The molecule has 0 amide bonds. The number of hydrogen-bond donors (Lipinski definition) is 1. The third-order valence-electron chi connectivity index (χ3n) is 2.24. The van der Waals surface area contributed by atoms with Crippen molar-refractivity contribution >= 4 is 5.69 Å². The minimum absolute atomic E-state index is 0.213. The molecule has 0 fully saturated rings. The van der Waals surface area contributed by atoms with E-state index in [0.717, 1.165) is 18.4 Å². The van der Waals surface area contributed by atoms with E-state index >= 15 is 0 Å². The van der Waals surface area contributed by atoms with Crippen LogP contribution < -0.4 is 5.32 Å². The first-order valence-electron chi connectivity index (χ1n) is 5.11. The maximum Gasteiger partial charge on any atom is 0.146 e. The van der Waals surface area contributed by atoms with E-state index in [1.807, 2.05) is 13.0 Å². The molecule has 1 N–H and O–H groups in total. The van der Waals surface area contributed by atoms with Crippen LogP contribution in [0, 0.1) is 24.1 Å². The quantitative estimate of drug-likeness (QED) is 0.751. The Labute approximate surface area is 89.7 Å². The fraction of sp³-hybridized carbons (Fsp3) is 0.417. The van der Waals surface area contributed by atoms with Crippen LogP contribution in [-0.2, 0) is 0 Å². The lowest BCUT2D eigenvalue weighted by Gasteiger charge is -2.09. The predicted octanol–water partition coefficient (Wildman–Crippen LogP) is 3.24. The molecule has 1 aromatic rings. The van der Waals surface area contributed by atoms with Gasteiger partial charge < -0.3 is 5.32 Å². The Hall–Kier alpha value is -1.56. The van der Waals surface area contributed by atoms with E-state index in [0.29, 0.717) is 18.7 Å². The summed E-state index contributed by atoms with van der Waals surface area (Å²) in [5.74, 6) is -0.213. The van der Waals surface area contributed by atoms with Gasteiger partial charge in [-0.2, -0.15) is 5.26 Å². The van der Waals surface area contributed by atoms with Crippen molar-refractivity contribution in [3.8, 4) is 6.07 Å². The van der Waals surface area contributed by atoms with Crippen LogP contribution in [0.5, 0.6) is 0 Å². The third-order valence-corrected chi connectivity index (χ3v) is 2.24. The first kappa shape index (κ1) is 11.5. The molecule has 0 unspecified atom stereocenters. The summed E-state index contributed by atoms with van der Waals surface area (Å²) in [5, 5.41) is 11.4. The lowest BCUT2D eigenvalue weighted by atomic mass is 10.2. The van der Waals surface area contributed by atoms with Gasteiger partial charge in [-0.15, -0.1) is 0 Å². The van der Waals surface area contributed by atoms with Gasteiger partial charge in [0, 0.05) is 13.0 Å². The van der Waals surface area contributed by atoms with Gasteiger partial charge in [0.1, 0.15) is 5.82 Å². The SMILES string of the molecule is Cc1cccc(F)c1NCCCCC#N. The van der Waals surface area contributed by atoms with Gasteiger partial charge in [-0.05, 0) is 31.4 Å². The summed E-state index contributed by atoms with van der Waals surface area (Å²) in [7, 11) is 0. The third kappa shape index (κ3) is 3.59. The van der Waals surface area contributed by atoms with Gasteiger partial charge in [0.2, 0.25) is 0 Å². The Bertz CT molecular complexity index is 335. The zero-order chi connectivity index (χ0) is 11.1.